The predicted molar refractivity (Wildman–Crippen MR) is 86.2 cm³/mol. The van der Waals surface area contributed by atoms with Crippen molar-refractivity contribution in [2.75, 3.05) is 18.4 Å². The minimum atomic E-state index is -3.66. The molecular weight excluding hydrogens is 316 g/mol. The highest BCUT2D eigenvalue weighted by Gasteiger charge is 2.36. The Balaban J connectivity index is 2.27. The number of nitrogens with zero attached hydrogens (tertiary/aromatic N) is 1. The number of nitrogens with one attached hydrogen (secondary N) is 1. The Morgan fingerprint density at radius 2 is 1.70 bits per heavy atom. The van der Waals surface area contributed by atoms with E-state index in [9.17, 15) is 18.0 Å². The second kappa shape index (κ2) is 5.72. The molecule has 1 aliphatic heterocycles. The molecule has 6 nitrogen and oxygen atoms in total. The first-order valence-electron chi connectivity index (χ1n) is 7.96. The predicted octanol–water partition coefficient (Wildman–Crippen LogP) is 1.73. The minimum absolute atomic E-state index is 0.194. The molecule has 0 saturated carbocycles. The van der Waals surface area contributed by atoms with E-state index in [-0.39, 0.29) is 10.5 Å². The number of hydrogen-bond donors (Lipinski definition) is 1. The van der Waals surface area contributed by atoms with E-state index < -0.39 is 21.7 Å². The summed E-state index contributed by atoms with van der Waals surface area (Å²) in [4.78, 5) is 23.9. The lowest BCUT2D eigenvalue weighted by molar-refractivity contribution is -0.112. The Labute approximate surface area is 135 Å². The van der Waals surface area contributed by atoms with Gasteiger partial charge in [-0.05, 0) is 42.9 Å². The first-order chi connectivity index (χ1) is 10.9. The number of fused-ring (bicyclic) bond motifs is 3. The first-order valence-corrected chi connectivity index (χ1v) is 9.40. The molecule has 1 amide bonds. The van der Waals surface area contributed by atoms with E-state index in [0.29, 0.717) is 31.6 Å². The van der Waals surface area contributed by atoms with Gasteiger partial charge in [-0.2, -0.15) is 4.31 Å². The molecule has 0 atom stereocenters. The largest absolute Gasteiger partial charge is 0.318 e. The maximum Gasteiger partial charge on any atom is 0.296 e. The summed E-state index contributed by atoms with van der Waals surface area (Å²) in [6, 6.07) is 1.40. The van der Waals surface area contributed by atoms with Crippen molar-refractivity contribution in [3.8, 4) is 0 Å². The van der Waals surface area contributed by atoms with Gasteiger partial charge < -0.3 is 5.32 Å². The molecule has 1 aromatic rings. The van der Waals surface area contributed by atoms with Crippen molar-refractivity contribution in [2.45, 2.75) is 44.4 Å². The second-order valence-corrected chi connectivity index (χ2v) is 7.74. The first kappa shape index (κ1) is 16.1. The molecular formula is C16H20N2O4S. The molecule has 0 radical (unpaired) electrons. The van der Waals surface area contributed by atoms with E-state index in [1.54, 1.807) is 13.8 Å². The summed E-state index contributed by atoms with van der Waals surface area (Å²) in [7, 11) is -3.66. The van der Waals surface area contributed by atoms with Crippen LogP contribution >= 0.6 is 0 Å². The Morgan fingerprint density at radius 3 is 2.30 bits per heavy atom. The van der Waals surface area contributed by atoms with E-state index >= 15 is 0 Å². The molecule has 0 aromatic heterocycles. The normalized spacial score (nSPS) is 17.2. The molecule has 124 valence electrons. The van der Waals surface area contributed by atoms with Crippen LogP contribution < -0.4 is 5.32 Å². The number of rotatable bonds is 4. The smallest absolute Gasteiger partial charge is 0.296 e. The average molecular weight is 336 g/mol. The number of carbonyl (C=O) groups is 2. The number of hydrogen-bond acceptors (Lipinski definition) is 4. The second-order valence-electron chi connectivity index (χ2n) is 5.83. The van der Waals surface area contributed by atoms with Crippen molar-refractivity contribution in [3.05, 3.63) is 22.8 Å². The molecule has 0 bridgehead atoms. The lowest BCUT2D eigenvalue weighted by atomic mass is 9.88. The van der Waals surface area contributed by atoms with Gasteiger partial charge in [-0.25, -0.2) is 8.42 Å². The van der Waals surface area contributed by atoms with Crippen molar-refractivity contribution >= 4 is 27.4 Å². The van der Waals surface area contributed by atoms with Gasteiger partial charge in [0.15, 0.2) is 0 Å². The maximum atomic E-state index is 13.0. The lowest BCUT2D eigenvalue weighted by Gasteiger charge is -2.25. The summed E-state index contributed by atoms with van der Waals surface area (Å²) in [5.74, 6) is -1.32. The number of amides is 1. The molecule has 0 unspecified atom stereocenters. The van der Waals surface area contributed by atoms with Gasteiger partial charge in [-0.3, -0.25) is 9.59 Å². The van der Waals surface area contributed by atoms with Crippen molar-refractivity contribution in [1.82, 2.24) is 4.31 Å². The highest BCUT2D eigenvalue weighted by molar-refractivity contribution is 7.89. The van der Waals surface area contributed by atoms with Gasteiger partial charge in [-0.1, -0.05) is 13.8 Å². The highest BCUT2D eigenvalue weighted by Crippen LogP contribution is 2.39. The fourth-order valence-electron chi connectivity index (χ4n) is 3.45. The Hall–Kier alpha value is -1.73. The standard InChI is InChI=1S/C16H20N2O4S/c1-3-18(4-2)23(21,22)13-9-12-14(17-16(20)15(12)19)11-8-6-5-7-10(11)13/h9H,3-8H2,1-2H3,(H,17,19,20). The zero-order valence-corrected chi connectivity index (χ0v) is 14.1. The zero-order valence-electron chi connectivity index (χ0n) is 13.3. The molecule has 7 heteroatoms. The summed E-state index contributed by atoms with van der Waals surface area (Å²) >= 11 is 0. The Morgan fingerprint density at radius 1 is 1.09 bits per heavy atom. The van der Waals surface area contributed by atoms with E-state index in [1.807, 2.05) is 0 Å². The number of anilines is 1. The van der Waals surface area contributed by atoms with Gasteiger partial charge in [0.25, 0.3) is 11.7 Å². The zero-order chi connectivity index (χ0) is 16.8. The molecule has 0 spiro atoms. The fraction of sp³-hybridized carbons (Fsp3) is 0.500. The average Bonchev–Trinajstić information content (AvgIpc) is 2.83. The molecule has 2 aliphatic rings. The topological polar surface area (TPSA) is 83.6 Å². The van der Waals surface area contributed by atoms with Gasteiger partial charge in [0.2, 0.25) is 10.0 Å². The highest BCUT2D eigenvalue weighted by atomic mass is 32.2. The lowest BCUT2D eigenvalue weighted by Crippen LogP contribution is -2.32. The van der Waals surface area contributed by atoms with Gasteiger partial charge in [0.05, 0.1) is 16.1 Å². The number of sulfonamides is 1. The van der Waals surface area contributed by atoms with Crippen molar-refractivity contribution in [2.24, 2.45) is 0 Å². The summed E-state index contributed by atoms with van der Waals surface area (Å²) in [5, 5.41) is 2.61. The van der Waals surface area contributed by atoms with Gasteiger partial charge >= 0.3 is 0 Å². The van der Waals surface area contributed by atoms with Crippen LogP contribution in [0.1, 0.15) is 48.2 Å². The summed E-state index contributed by atoms with van der Waals surface area (Å²) in [6.45, 7) is 4.32. The van der Waals surface area contributed by atoms with Crippen LogP contribution in [0.4, 0.5) is 5.69 Å². The number of carbonyl (C=O) groups excluding carboxylic acids is 2. The number of ketones is 1. The molecule has 0 saturated heterocycles. The van der Waals surface area contributed by atoms with E-state index in [0.717, 1.165) is 24.0 Å². The third-order valence-electron chi connectivity index (χ3n) is 4.62. The number of benzene rings is 1. The van der Waals surface area contributed by atoms with Crippen molar-refractivity contribution in [1.29, 1.82) is 0 Å². The van der Waals surface area contributed by atoms with Crippen LogP contribution in [0.2, 0.25) is 0 Å². The van der Waals surface area contributed by atoms with E-state index in [4.69, 9.17) is 0 Å². The molecule has 1 aliphatic carbocycles. The monoisotopic (exact) mass is 336 g/mol. The van der Waals surface area contributed by atoms with Crippen LogP contribution in [0.25, 0.3) is 0 Å². The Kier molecular flexibility index (Phi) is 4.01. The summed E-state index contributed by atoms with van der Waals surface area (Å²) in [6.07, 6.45) is 3.18. The van der Waals surface area contributed by atoms with E-state index in [1.165, 1.54) is 10.4 Å². The molecule has 3 rings (SSSR count). The minimum Gasteiger partial charge on any atom is -0.318 e. The van der Waals surface area contributed by atoms with Gasteiger partial charge in [0.1, 0.15) is 0 Å². The summed E-state index contributed by atoms with van der Waals surface area (Å²) in [5.41, 5.74) is 2.30. The van der Waals surface area contributed by atoms with Gasteiger partial charge in [0, 0.05) is 13.1 Å². The van der Waals surface area contributed by atoms with Gasteiger partial charge in [-0.15, -0.1) is 0 Å². The third kappa shape index (κ3) is 2.38. The van der Waals surface area contributed by atoms with Crippen LogP contribution in [0.15, 0.2) is 11.0 Å². The maximum absolute atomic E-state index is 13.0. The van der Waals surface area contributed by atoms with Crippen LogP contribution in [-0.2, 0) is 27.7 Å². The van der Waals surface area contributed by atoms with Crippen LogP contribution in [0.3, 0.4) is 0 Å². The molecule has 23 heavy (non-hydrogen) atoms. The SMILES string of the molecule is CCN(CC)S(=O)(=O)c1cc2c(c3c1CCCC3)NC(=O)C2=O. The molecule has 1 heterocycles. The third-order valence-corrected chi connectivity index (χ3v) is 6.74. The molecule has 0 fully saturated rings. The van der Waals surface area contributed by atoms with Crippen molar-refractivity contribution < 1.29 is 18.0 Å². The molecule has 1 N–H and O–H groups in total. The van der Waals surface area contributed by atoms with Crippen LogP contribution in [-0.4, -0.2) is 37.5 Å². The Bertz CT molecular complexity index is 795. The number of Topliss-reactive ketones (excluding diaryl/α,β-unsaturated/α-hetero) is 1. The van der Waals surface area contributed by atoms with Crippen molar-refractivity contribution in [3.63, 3.8) is 0 Å². The molecule has 1 aromatic carbocycles. The fourth-order valence-corrected chi connectivity index (χ4v) is 5.21. The van der Waals surface area contributed by atoms with Crippen LogP contribution in [0.5, 0.6) is 0 Å². The summed E-state index contributed by atoms with van der Waals surface area (Å²) < 4.78 is 27.3. The van der Waals surface area contributed by atoms with E-state index in [2.05, 4.69) is 5.32 Å². The van der Waals surface area contributed by atoms with Crippen LogP contribution in [0, 0.1) is 0 Å². The quantitative estimate of drug-likeness (QED) is 0.849.